The van der Waals surface area contributed by atoms with E-state index in [1.54, 1.807) is 19.2 Å². The first-order valence-corrected chi connectivity index (χ1v) is 7.02. The van der Waals surface area contributed by atoms with Crippen LogP contribution in [0.15, 0.2) is 57.9 Å². The van der Waals surface area contributed by atoms with Crippen LogP contribution in [-0.2, 0) is 5.88 Å². The molecule has 0 aliphatic carbocycles. The SMILES string of the molecule is COc1ccc2c(=O)c(-c3ccccc3)coc2c1CCl. The molecule has 0 radical (unpaired) electrons. The molecule has 21 heavy (non-hydrogen) atoms. The van der Waals surface area contributed by atoms with Crippen LogP contribution in [-0.4, -0.2) is 7.11 Å². The molecule has 0 unspecified atom stereocenters. The second kappa shape index (κ2) is 5.62. The smallest absolute Gasteiger partial charge is 0.200 e. The summed E-state index contributed by atoms with van der Waals surface area (Å²) in [7, 11) is 1.56. The molecule has 0 aliphatic heterocycles. The molecule has 3 rings (SSSR count). The fourth-order valence-corrected chi connectivity index (χ4v) is 2.63. The summed E-state index contributed by atoms with van der Waals surface area (Å²) < 4.78 is 10.9. The fourth-order valence-electron chi connectivity index (χ4n) is 2.37. The zero-order chi connectivity index (χ0) is 14.8. The Kier molecular flexibility index (Phi) is 3.67. The zero-order valence-electron chi connectivity index (χ0n) is 11.4. The highest BCUT2D eigenvalue weighted by Crippen LogP contribution is 2.29. The Balaban J connectivity index is 2.30. The van der Waals surface area contributed by atoms with Crippen molar-refractivity contribution in [3.05, 3.63) is 64.5 Å². The van der Waals surface area contributed by atoms with Crippen molar-refractivity contribution in [2.75, 3.05) is 7.11 Å². The van der Waals surface area contributed by atoms with E-state index in [1.807, 2.05) is 30.3 Å². The average molecular weight is 301 g/mol. The van der Waals surface area contributed by atoms with Crippen LogP contribution in [0.25, 0.3) is 22.1 Å². The molecule has 0 aliphatic rings. The summed E-state index contributed by atoms with van der Waals surface area (Å²) in [4.78, 5) is 12.7. The lowest BCUT2D eigenvalue weighted by atomic mass is 10.0. The summed E-state index contributed by atoms with van der Waals surface area (Å²) in [6, 6.07) is 12.9. The third-order valence-electron chi connectivity index (χ3n) is 3.44. The van der Waals surface area contributed by atoms with Crippen molar-refractivity contribution < 1.29 is 9.15 Å². The molecule has 3 nitrogen and oxygen atoms in total. The van der Waals surface area contributed by atoms with E-state index in [1.165, 1.54) is 6.26 Å². The van der Waals surface area contributed by atoms with Gasteiger partial charge in [0, 0.05) is 0 Å². The molecular formula is C17H13ClO3. The third kappa shape index (κ3) is 2.30. The second-order valence-corrected chi connectivity index (χ2v) is 4.87. The number of ether oxygens (including phenoxy) is 1. The first-order chi connectivity index (χ1) is 10.3. The van der Waals surface area contributed by atoms with Gasteiger partial charge in [0.25, 0.3) is 0 Å². The minimum Gasteiger partial charge on any atom is -0.496 e. The molecule has 0 saturated heterocycles. The fraction of sp³-hybridized carbons (Fsp3) is 0.118. The topological polar surface area (TPSA) is 39.4 Å². The number of benzene rings is 2. The molecule has 3 aromatic rings. The van der Waals surface area contributed by atoms with Crippen molar-refractivity contribution in [2.24, 2.45) is 0 Å². The highest BCUT2D eigenvalue weighted by Gasteiger charge is 2.14. The summed E-state index contributed by atoms with van der Waals surface area (Å²) in [6.45, 7) is 0. The molecule has 0 N–H and O–H groups in total. The predicted octanol–water partition coefficient (Wildman–Crippen LogP) is 4.21. The lowest BCUT2D eigenvalue weighted by Crippen LogP contribution is -2.06. The maximum Gasteiger partial charge on any atom is 0.200 e. The van der Waals surface area contributed by atoms with Gasteiger partial charge in [0.2, 0.25) is 5.43 Å². The largest absolute Gasteiger partial charge is 0.496 e. The van der Waals surface area contributed by atoms with Gasteiger partial charge in [-0.25, -0.2) is 0 Å². The number of rotatable bonds is 3. The van der Waals surface area contributed by atoms with Crippen molar-refractivity contribution in [2.45, 2.75) is 5.88 Å². The van der Waals surface area contributed by atoms with E-state index in [0.29, 0.717) is 27.8 Å². The Morgan fingerprint density at radius 2 is 1.90 bits per heavy atom. The van der Waals surface area contributed by atoms with Crippen molar-refractivity contribution in [1.82, 2.24) is 0 Å². The highest BCUT2D eigenvalue weighted by molar-refractivity contribution is 6.18. The van der Waals surface area contributed by atoms with E-state index in [0.717, 1.165) is 5.56 Å². The Bertz CT molecular complexity index is 838. The molecular weight excluding hydrogens is 288 g/mol. The normalized spacial score (nSPS) is 10.8. The Morgan fingerprint density at radius 3 is 2.57 bits per heavy atom. The van der Waals surface area contributed by atoms with Crippen LogP contribution >= 0.6 is 11.6 Å². The molecule has 2 aromatic carbocycles. The van der Waals surface area contributed by atoms with E-state index in [9.17, 15) is 4.79 Å². The van der Waals surface area contributed by atoms with Crippen LogP contribution in [0.4, 0.5) is 0 Å². The second-order valence-electron chi connectivity index (χ2n) is 4.60. The number of fused-ring (bicyclic) bond motifs is 1. The van der Waals surface area contributed by atoms with Gasteiger partial charge in [-0.3, -0.25) is 4.79 Å². The van der Waals surface area contributed by atoms with Crippen molar-refractivity contribution in [3.8, 4) is 16.9 Å². The minimum absolute atomic E-state index is 0.0727. The van der Waals surface area contributed by atoms with Crippen molar-refractivity contribution in [1.29, 1.82) is 0 Å². The number of hydrogen-bond acceptors (Lipinski definition) is 3. The van der Waals surface area contributed by atoms with Gasteiger partial charge < -0.3 is 9.15 Å². The maximum atomic E-state index is 12.7. The standard InChI is InChI=1S/C17H13ClO3/c1-20-15-8-7-12-16(19)14(11-5-3-2-4-6-11)10-21-17(12)13(15)9-18/h2-8,10H,9H2,1H3. The molecule has 0 bridgehead atoms. The predicted molar refractivity (Wildman–Crippen MR) is 84.0 cm³/mol. The Hall–Kier alpha value is -2.26. The Morgan fingerprint density at radius 1 is 1.14 bits per heavy atom. The van der Waals surface area contributed by atoms with Crippen molar-refractivity contribution in [3.63, 3.8) is 0 Å². The maximum absolute atomic E-state index is 12.7. The van der Waals surface area contributed by atoms with Crippen molar-refractivity contribution >= 4 is 22.6 Å². The highest BCUT2D eigenvalue weighted by atomic mass is 35.5. The summed E-state index contributed by atoms with van der Waals surface area (Å²) in [5, 5.41) is 0.507. The van der Waals surface area contributed by atoms with Crippen LogP contribution < -0.4 is 10.2 Å². The molecule has 1 heterocycles. The molecule has 4 heteroatoms. The van der Waals surface area contributed by atoms with E-state index in [4.69, 9.17) is 20.8 Å². The molecule has 0 fully saturated rings. The van der Waals surface area contributed by atoms with Crippen LogP contribution in [0.2, 0.25) is 0 Å². The summed E-state index contributed by atoms with van der Waals surface area (Å²) in [6.07, 6.45) is 1.48. The monoisotopic (exact) mass is 300 g/mol. The molecule has 0 amide bonds. The summed E-state index contributed by atoms with van der Waals surface area (Å²) in [5.41, 5.74) is 2.46. The van der Waals surface area contributed by atoms with E-state index >= 15 is 0 Å². The third-order valence-corrected chi connectivity index (χ3v) is 3.71. The lowest BCUT2D eigenvalue weighted by molar-refractivity contribution is 0.410. The lowest BCUT2D eigenvalue weighted by Gasteiger charge is -2.09. The molecule has 0 atom stereocenters. The average Bonchev–Trinajstić information content (AvgIpc) is 2.55. The van der Waals surface area contributed by atoms with Crippen LogP contribution in [0, 0.1) is 0 Å². The molecule has 0 spiro atoms. The van der Waals surface area contributed by atoms with Gasteiger partial charge in [-0.15, -0.1) is 11.6 Å². The Labute approximate surface area is 126 Å². The summed E-state index contributed by atoms with van der Waals surface area (Å²) >= 11 is 5.96. The minimum atomic E-state index is -0.0727. The molecule has 1 aromatic heterocycles. The van der Waals surface area contributed by atoms with E-state index < -0.39 is 0 Å². The van der Waals surface area contributed by atoms with Gasteiger partial charge in [0.15, 0.2) is 0 Å². The zero-order valence-corrected chi connectivity index (χ0v) is 12.2. The first kappa shape index (κ1) is 13.7. The van der Waals surface area contributed by atoms with Gasteiger partial charge in [0.05, 0.1) is 29.5 Å². The molecule has 0 saturated carbocycles. The van der Waals surface area contributed by atoms with Gasteiger partial charge in [-0.1, -0.05) is 30.3 Å². The number of alkyl halides is 1. The van der Waals surface area contributed by atoms with Crippen LogP contribution in [0.1, 0.15) is 5.56 Å². The number of methoxy groups -OCH3 is 1. The van der Waals surface area contributed by atoms with Gasteiger partial charge in [-0.2, -0.15) is 0 Å². The first-order valence-electron chi connectivity index (χ1n) is 6.49. The van der Waals surface area contributed by atoms with E-state index in [2.05, 4.69) is 0 Å². The van der Waals surface area contributed by atoms with Gasteiger partial charge in [0.1, 0.15) is 17.6 Å². The van der Waals surface area contributed by atoms with Crippen LogP contribution in [0.5, 0.6) is 5.75 Å². The quantitative estimate of drug-likeness (QED) is 0.680. The van der Waals surface area contributed by atoms with Gasteiger partial charge in [-0.05, 0) is 17.7 Å². The van der Waals surface area contributed by atoms with E-state index in [-0.39, 0.29) is 11.3 Å². The van der Waals surface area contributed by atoms with Crippen LogP contribution in [0.3, 0.4) is 0 Å². The van der Waals surface area contributed by atoms with Gasteiger partial charge >= 0.3 is 0 Å². The number of halogens is 1. The number of hydrogen-bond donors (Lipinski definition) is 0. The molecule has 106 valence electrons. The summed E-state index contributed by atoms with van der Waals surface area (Å²) in [5.74, 6) is 0.835.